The minimum Gasteiger partial charge on any atom is -0.0961 e. The summed E-state index contributed by atoms with van der Waals surface area (Å²) in [6.45, 7) is 8.01. The Kier molecular flexibility index (Phi) is 7.78. The van der Waals surface area contributed by atoms with Crippen molar-refractivity contribution in [3.63, 3.8) is 0 Å². The van der Waals surface area contributed by atoms with Gasteiger partial charge in [0.2, 0.25) is 0 Å². The number of allylic oxidation sites excluding steroid dienone is 5. The molecule has 0 aromatic carbocycles. The highest BCUT2D eigenvalue weighted by molar-refractivity contribution is 5.16. The van der Waals surface area contributed by atoms with Crippen molar-refractivity contribution in [2.45, 2.75) is 39.5 Å². The molecule has 68 valence electrons. The Labute approximate surface area is 76.7 Å². The molecule has 0 spiro atoms. The quantitative estimate of drug-likeness (QED) is 0.406. The van der Waals surface area contributed by atoms with Crippen molar-refractivity contribution in [2.24, 2.45) is 0 Å². The highest BCUT2D eigenvalue weighted by Crippen LogP contribution is 1.99. The summed E-state index contributed by atoms with van der Waals surface area (Å²) in [6, 6.07) is 0. The molecule has 0 bridgehead atoms. The average molecular weight is 164 g/mol. The molecular formula is C12H20. The maximum absolute atomic E-state index is 3.78. The largest absolute Gasteiger partial charge is 0.0961 e. The molecule has 0 saturated heterocycles. The number of hydrogen-bond donors (Lipinski definition) is 0. The van der Waals surface area contributed by atoms with Crippen molar-refractivity contribution in [2.75, 3.05) is 0 Å². The van der Waals surface area contributed by atoms with Crippen LogP contribution in [0.1, 0.15) is 39.5 Å². The van der Waals surface area contributed by atoms with E-state index in [0.717, 1.165) is 5.57 Å². The van der Waals surface area contributed by atoms with E-state index in [1.54, 1.807) is 0 Å². The van der Waals surface area contributed by atoms with Crippen LogP contribution >= 0.6 is 0 Å². The SMILES string of the molecule is C=C(C)/C=C/C=C/CCCCC. The fraction of sp³-hybridized carbons (Fsp3) is 0.500. The van der Waals surface area contributed by atoms with Gasteiger partial charge in [-0.2, -0.15) is 0 Å². The first kappa shape index (κ1) is 11.2. The van der Waals surface area contributed by atoms with Gasteiger partial charge in [0.25, 0.3) is 0 Å². The summed E-state index contributed by atoms with van der Waals surface area (Å²) < 4.78 is 0. The van der Waals surface area contributed by atoms with Gasteiger partial charge in [0, 0.05) is 0 Å². The zero-order chi connectivity index (χ0) is 9.23. The highest BCUT2D eigenvalue weighted by Gasteiger charge is 1.79. The molecule has 0 aliphatic carbocycles. The molecule has 0 aliphatic heterocycles. The third kappa shape index (κ3) is 9.22. The van der Waals surface area contributed by atoms with Crippen molar-refractivity contribution < 1.29 is 0 Å². The smallest absolute Gasteiger partial charge is 0.0348 e. The van der Waals surface area contributed by atoms with Gasteiger partial charge in [-0.3, -0.25) is 0 Å². The van der Waals surface area contributed by atoms with Crippen LogP contribution in [0.15, 0.2) is 36.5 Å². The van der Waals surface area contributed by atoms with E-state index in [1.165, 1.54) is 25.7 Å². The average Bonchev–Trinajstić information content (AvgIpc) is 2.02. The van der Waals surface area contributed by atoms with Crippen LogP contribution in [-0.4, -0.2) is 0 Å². The molecular weight excluding hydrogens is 144 g/mol. The minimum absolute atomic E-state index is 1.10. The van der Waals surface area contributed by atoms with Gasteiger partial charge in [-0.1, -0.05) is 56.2 Å². The monoisotopic (exact) mass is 164 g/mol. The molecule has 0 heteroatoms. The fourth-order valence-corrected chi connectivity index (χ4v) is 0.907. The number of unbranched alkanes of at least 4 members (excludes halogenated alkanes) is 3. The van der Waals surface area contributed by atoms with Gasteiger partial charge in [-0.05, 0) is 19.8 Å². The molecule has 12 heavy (non-hydrogen) atoms. The summed E-state index contributed by atoms with van der Waals surface area (Å²) >= 11 is 0. The normalized spacial score (nSPS) is 11.5. The predicted octanol–water partition coefficient (Wildman–Crippen LogP) is 4.26. The lowest BCUT2D eigenvalue weighted by atomic mass is 10.2. The van der Waals surface area contributed by atoms with Crippen molar-refractivity contribution in [3.05, 3.63) is 36.5 Å². The third-order valence-electron chi connectivity index (χ3n) is 1.60. The minimum atomic E-state index is 1.10. The molecule has 0 N–H and O–H groups in total. The summed E-state index contributed by atoms with van der Waals surface area (Å²) in [4.78, 5) is 0. The van der Waals surface area contributed by atoms with E-state index in [1.807, 2.05) is 19.1 Å². The first-order valence-electron chi connectivity index (χ1n) is 4.76. The molecule has 0 fully saturated rings. The van der Waals surface area contributed by atoms with Crippen LogP contribution < -0.4 is 0 Å². The lowest BCUT2D eigenvalue weighted by molar-refractivity contribution is 0.729. The van der Waals surface area contributed by atoms with E-state index >= 15 is 0 Å². The predicted molar refractivity (Wildman–Crippen MR) is 57.2 cm³/mol. The zero-order valence-electron chi connectivity index (χ0n) is 8.34. The second-order valence-corrected chi connectivity index (χ2v) is 3.13. The topological polar surface area (TPSA) is 0 Å². The first-order valence-corrected chi connectivity index (χ1v) is 4.76. The standard InChI is InChI=1S/C12H20/c1-4-5-6-7-8-9-10-11-12(2)3/h8-11H,2,4-7H2,1,3H3/b9-8+,11-10+. The van der Waals surface area contributed by atoms with Crippen LogP contribution in [0.2, 0.25) is 0 Å². The number of rotatable bonds is 6. The fourth-order valence-electron chi connectivity index (χ4n) is 0.907. The van der Waals surface area contributed by atoms with E-state index in [0.29, 0.717) is 0 Å². The van der Waals surface area contributed by atoms with Crippen molar-refractivity contribution in [3.8, 4) is 0 Å². The maximum atomic E-state index is 3.78. The van der Waals surface area contributed by atoms with Crippen LogP contribution in [0, 0.1) is 0 Å². The molecule has 0 aliphatic rings. The Balaban J connectivity index is 3.31. The second kappa shape index (κ2) is 8.32. The van der Waals surface area contributed by atoms with E-state index in [2.05, 4.69) is 25.7 Å². The molecule has 0 unspecified atom stereocenters. The molecule has 0 aromatic rings. The molecule has 0 rings (SSSR count). The molecule has 0 heterocycles. The molecule has 0 aromatic heterocycles. The Hall–Kier alpha value is -0.780. The van der Waals surface area contributed by atoms with Gasteiger partial charge >= 0.3 is 0 Å². The van der Waals surface area contributed by atoms with E-state index in [9.17, 15) is 0 Å². The Morgan fingerprint density at radius 1 is 1.25 bits per heavy atom. The number of hydrogen-bond acceptors (Lipinski definition) is 0. The van der Waals surface area contributed by atoms with Gasteiger partial charge < -0.3 is 0 Å². The van der Waals surface area contributed by atoms with Crippen molar-refractivity contribution >= 4 is 0 Å². The van der Waals surface area contributed by atoms with Gasteiger partial charge in [-0.25, -0.2) is 0 Å². The Bertz CT molecular complexity index is 161. The first-order chi connectivity index (χ1) is 5.77. The lowest BCUT2D eigenvalue weighted by Crippen LogP contribution is -1.69. The van der Waals surface area contributed by atoms with Crippen LogP contribution in [-0.2, 0) is 0 Å². The van der Waals surface area contributed by atoms with E-state index < -0.39 is 0 Å². The van der Waals surface area contributed by atoms with Gasteiger partial charge in [-0.15, -0.1) is 0 Å². The van der Waals surface area contributed by atoms with Gasteiger partial charge in [0.05, 0.1) is 0 Å². The molecule has 0 nitrogen and oxygen atoms in total. The zero-order valence-corrected chi connectivity index (χ0v) is 8.34. The molecule has 0 saturated carbocycles. The van der Waals surface area contributed by atoms with Crippen LogP contribution in [0.5, 0.6) is 0 Å². The van der Waals surface area contributed by atoms with E-state index in [-0.39, 0.29) is 0 Å². The lowest BCUT2D eigenvalue weighted by Gasteiger charge is -1.89. The van der Waals surface area contributed by atoms with Gasteiger partial charge in [0.1, 0.15) is 0 Å². The van der Waals surface area contributed by atoms with Crippen LogP contribution in [0.3, 0.4) is 0 Å². The molecule has 0 amide bonds. The Morgan fingerprint density at radius 2 is 2.00 bits per heavy atom. The summed E-state index contributed by atoms with van der Waals surface area (Å²) in [5.41, 5.74) is 1.10. The summed E-state index contributed by atoms with van der Waals surface area (Å²) in [5.74, 6) is 0. The van der Waals surface area contributed by atoms with Gasteiger partial charge in [0.15, 0.2) is 0 Å². The summed E-state index contributed by atoms with van der Waals surface area (Å²) in [6.07, 6.45) is 13.6. The summed E-state index contributed by atoms with van der Waals surface area (Å²) in [5, 5.41) is 0. The van der Waals surface area contributed by atoms with Crippen LogP contribution in [0.4, 0.5) is 0 Å². The second-order valence-electron chi connectivity index (χ2n) is 3.13. The Morgan fingerprint density at radius 3 is 2.58 bits per heavy atom. The highest BCUT2D eigenvalue weighted by atomic mass is 13.9. The maximum Gasteiger partial charge on any atom is -0.0348 e. The third-order valence-corrected chi connectivity index (χ3v) is 1.60. The van der Waals surface area contributed by atoms with Crippen LogP contribution in [0.25, 0.3) is 0 Å². The van der Waals surface area contributed by atoms with Crippen molar-refractivity contribution in [1.29, 1.82) is 0 Å². The van der Waals surface area contributed by atoms with Crippen molar-refractivity contribution in [1.82, 2.24) is 0 Å². The molecule has 0 radical (unpaired) electrons. The van der Waals surface area contributed by atoms with E-state index in [4.69, 9.17) is 0 Å². The molecule has 0 atom stereocenters. The summed E-state index contributed by atoms with van der Waals surface area (Å²) in [7, 11) is 0.